The van der Waals surface area contributed by atoms with Crippen molar-refractivity contribution >= 4 is 23.0 Å². The second kappa shape index (κ2) is 4.94. The quantitative estimate of drug-likeness (QED) is 0.792. The van der Waals surface area contributed by atoms with Crippen LogP contribution in [0.3, 0.4) is 0 Å². The van der Waals surface area contributed by atoms with Crippen LogP contribution in [0, 0.1) is 5.92 Å². The van der Waals surface area contributed by atoms with E-state index in [1.165, 1.54) is 0 Å². The van der Waals surface area contributed by atoms with E-state index in [2.05, 4.69) is 5.32 Å². The summed E-state index contributed by atoms with van der Waals surface area (Å²) < 4.78 is 6.49. The van der Waals surface area contributed by atoms with Gasteiger partial charge in [0, 0.05) is 17.0 Å². The molecule has 2 atom stereocenters. The lowest BCUT2D eigenvalue weighted by Crippen LogP contribution is -2.50. The average Bonchev–Trinajstić information content (AvgIpc) is 2.80. The maximum Gasteiger partial charge on any atom is 0.274 e. The zero-order chi connectivity index (χ0) is 16.1. The van der Waals surface area contributed by atoms with Crippen LogP contribution in [0.25, 0.3) is 0 Å². The van der Waals surface area contributed by atoms with E-state index >= 15 is 0 Å². The van der Waals surface area contributed by atoms with Crippen molar-refractivity contribution in [3.63, 3.8) is 0 Å². The van der Waals surface area contributed by atoms with Gasteiger partial charge in [-0.3, -0.25) is 9.79 Å². The van der Waals surface area contributed by atoms with E-state index in [-0.39, 0.29) is 11.8 Å². The molecule has 1 saturated carbocycles. The van der Waals surface area contributed by atoms with Gasteiger partial charge in [-0.2, -0.15) is 0 Å². The summed E-state index contributed by atoms with van der Waals surface area (Å²) in [6.07, 6.45) is 4.07. The minimum Gasteiger partial charge on any atom is -0.470 e. The molecule has 0 aromatic heterocycles. The first-order valence-corrected chi connectivity index (χ1v) is 8.55. The predicted molar refractivity (Wildman–Crippen MR) is 92.9 cm³/mol. The van der Waals surface area contributed by atoms with Gasteiger partial charge in [0.1, 0.15) is 11.4 Å². The fourth-order valence-corrected chi connectivity index (χ4v) is 4.30. The maximum absolute atomic E-state index is 13.1. The van der Waals surface area contributed by atoms with E-state index in [9.17, 15) is 4.79 Å². The molecule has 5 rings (SSSR count). The standard InChI is InChI=1S/C20H18N2O2/c23-19-20(14-8-2-4-10-16(14)22-19)13-7-1-3-9-15(13)21-17-11-5-6-12-18(17)24-20/h2,4-6,8,10-13H,1,3,7,9H2,(H,22,23). The molecule has 4 nitrogen and oxygen atoms in total. The molecule has 2 aromatic carbocycles. The third kappa shape index (κ3) is 1.74. The lowest BCUT2D eigenvalue weighted by molar-refractivity contribution is -0.134. The number of benzene rings is 2. The number of anilines is 1. The molecule has 4 heteroatoms. The van der Waals surface area contributed by atoms with E-state index in [1.54, 1.807) is 0 Å². The Balaban J connectivity index is 1.79. The number of fused-ring (bicyclic) bond motifs is 5. The van der Waals surface area contributed by atoms with Crippen molar-refractivity contribution in [3.8, 4) is 5.75 Å². The summed E-state index contributed by atoms with van der Waals surface area (Å²) in [6.45, 7) is 0. The number of nitrogens with one attached hydrogen (secondary N) is 1. The molecule has 2 aliphatic heterocycles. The van der Waals surface area contributed by atoms with Crippen LogP contribution in [0.2, 0.25) is 0 Å². The summed E-state index contributed by atoms with van der Waals surface area (Å²) >= 11 is 0. The molecule has 1 aliphatic carbocycles. The molecular weight excluding hydrogens is 300 g/mol. The zero-order valence-corrected chi connectivity index (χ0v) is 13.3. The maximum atomic E-state index is 13.1. The number of ether oxygens (including phenoxy) is 1. The average molecular weight is 318 g/mol. The summed E-state index contributed by atoms with van der Waals surface area (Å²) in [7, 11) is 0. The fraction of sp³-hybridized carbons (Fsp3) is 0.300. The van der Waals surface area contributed by atoms with Crippen molar-refractivity contribution < 1.29 is 9.53 Å². The van der Waals surface area contributed by atoms with Crippen molar-refractivity contribution in [2.24, 2.45) is 10.9 Å². The van der Waals surface area contributed by atoms with Gasteiger partial charge in [0.05, 0.1) is 5.92 Å². The molecular formula is C20H18N2O2. The molecule has 1 N–H and O–H groups in total. The molecule has 1 fully saturated rings. The van der Waals surface area contributed by atoms with Crippen LogP contribution in [0.15, 0.2) is 53.5 Å². The number of carbonyl (C=O) groups is 1. The van der Waals surface area contributed by atoms with E-state index in [0.717, 1.165) is 48.3 Å². The molecule has 24 heavy (non-hydrogen) atoms. The monoisotopic (exact) mass is 318 g/mol. The first-order chi connectivity index (χ1) is 11.8. The second-order valence-corrected chi connectivity index (χ2v) is 6.71. The molecule has 0 bridgehead atoms. The van der Waals surface area contributed by atoms with Gasteiger partial charge in [-0.05, 0) is 37.5 Å². The Morgan fingerprint density at radius 3 is 2.88 bits per heavy atom. The van der Waals surface area contributed by atoms with Gasteiger partial charge in [-0.25, -0.2) is 0 Å². The first-order valence-electron chi connectivity index (χ1n) is 8.55. The number of nitrogens with zero attached hydrogens (tertiary/aromatic N) is 1. The molecule has 1 amide bonds. The Morgan fingerprint density at radius 2 is 1.92 bits per heavy atom. The van der Waals surface area contributed by atoms with Gasteiger partial charge in [0.15, 0.2) is 0 Å². The molecule has 0 radical (unpaired) electrons. The summed E-state index contributed by atoms with van der Waals surface area (Å²) in [5.74, 6) is 0.605. The second-order valence-electron chi connectivity index (χ2n) is 6.71. The van der Waals surface area contributed by atoms with Crippen LogP contribution in [-0.4, -0.2) is 11.6 Å². The lowest BCUT2D eigenvalue weighted by Gasteiger charge is -2.37. The summed E-state index contributed by atoms with van der Waals surface area (Å²) in [6, 6.07) is 15.6. The van der Waals surface area contributed by atoms with Crippen LogP contribution in [0.4, 0.5) is 11.4 Å². The fourth-order valence-electron chi connectivity index (χ4n) is 4.30. The molecule has 1 spiro atoms. The number of aliphatic imine (C=N–C) groups is 1. The molecule has 2 heterocycles. The molecule has 0 saturated heterocycles. The number of carbonyl (C=O) groups excluding carboxylic acids is 1. The van der Waals surface area contributed by atoms with Gasteiger partial charge >= 0.3 is 0 Å². The molecule has 120 valence electrons. The van der Waals surface area contributed by atoms with Crippen molar-refractivity contribution in [3.05, 3.63) is 54.1 Å². The van der Waals surface area contributed by atoms with Crippen molar-refractivity contribution in [2.45, 2.75) is 31.3 Å². The van der Waals surface area contributed by atoms with E-state index in [1.807, 2.05) is 48.5 Å². The highest BCUT2D eigenvalue weighted by Crippen LogP contribution is 2.51. The highest BCUT2D eigenvalue weighted by molar-refractivity contribution is 6.10. The first kappa shape index (κ1) is 13.8. The summed E-state index contributed by atoms with van der Waals surface area (Å²) in [5.41, 5.74) is 2.72. The van der Waals surface area contributed by atoms with Crippen LogP contribution in [-0.2, 0) is 10.4 Å². The molecule has 2 aromatic rings. The third-order valence-electron chi connectivity index (χ3n) is 5.38. The number of rotatable bonds is 0. The van der Waals surface area contributed by atoms with E-state index in [0.29, 0.717) is 5.75 Å². The topological polar surface area (TPSA) is 50.7 Å². The van der Waals surface area contributed by atoms with Gasteiger partial charge in [0.2, 0.25) is 5.60 Å². The summed E-state index contributed by atoms with van der Waals surface area (Å²) in [4.78, 5) is 18.0. The number of para-hydroxylation sites is 3. The summed E-state index contributed by atoms with van der Waals surface area (Å²) in [5, 5.41) is 3.03. The number of amides is 1. The van der Waals surface area contributed by atoms with Gasteiger partial charge in [0.25, 0.3) is 5.91 Å². The smallest absolute Gasteiger partial charge is 0.274 e. The number of hydrogen-bond acceptors (Lipinski definition) is 3. The van der Waals surface area contributed by atoms with Crippen LogP contribution in [0.1, 0.15) is 31.2 Å². The van der Waals surface area contributed by atoms with Gasteiger partial charge in [-0.15, -0.1) is 0 Å². The van der Waals surface area contributed by atoms with Gasteiger partial charge < -0.3 is 10.1 Å². The predicted octanol–water partition coefficient (Wildman–Crippen LogP) is 4.19. The molecule has 3 aliphatic rings. The largest absolute Gasteiger partial charge is 0.470 e. The molecule has 2 unspecified atom stereocenters. The van der Waals surface area contributed by atoms with Crippen LogP contribution in [0.5, 0.6) is 5.75 Å². The van der Waals surface area contributed by atoms with E-state index < -0.39 is 5.60 Å². The third-order valence-corrected chi connectivity index (χ3v) is 5.38. The Morgan fingerprint density at radius 1 is 1.08 bits per heavy atom. The van der Waals surface area contributed by atoms with Crippen LogP contribution >= 0.6 is 0 Å². The zero-order valence-electron chi connectivity index (χ0n) is 13.3. The van der Waals surface area contributed by atoms with E-state index in [4.69, 9.17) is 9.73 Å². The SMILES string of the molecule is O=C1Nc2ccccc2C12Oc1ccccc1N=C1CCCCC12. The Hall–Kier alpha value is -2.62. The minimum absolute atomic E-state index is 0.0118. The Bertz CT molecular complexity index is 873. The Kier molecular flexibility index (Phi) is 2.84. The van der Waals surface area contributed by atoms with Gasteiger partial charge in [-0.1, -0.05) is 36.8 Å². The lowest BCUT2D eigenvalue weighted by atomic mass is 9.72. The number of hydrogen-bond donors (Lipinski definition) is 1. The highest BCUT2D eigenvalue weighted by atomic mass is 16.5. The van der Waals surface area contributed by atoms with Crippen molar-refractivity contribution in [1.82, 2.24) is 0 Å². The minimum atomic E-state index is -0.998. The Labute approximate surface area is 140 Å². The van der Waals surface area contributed by atoms with Crippen LogP contribution < -0.4 is 10.1 Å². The highest BCUT2D eigenvalue weighted by Gasteiger charge is 2.57. The normalized spacial score (nSPS) is 27.2. The van der Waals surface area contributed by atoms with Crippen molar-refractivity contribution in [1.29, 1.82) is 0 Å². The van der Waals surface area contributed by atoms with Crippen molar-refractivity contribution in [2.75, 3.05) is 5.32 Å².